The highest BCUT2D eigenvalue weighted by molar-refractivity contribution is 7.98. The number of ether oxygens (including phenoxy) is 1. The molecule has 1 aromatic heterocycles. The largest absolute Gasteiger partial charge is 0.435 e. The molecule has 0 bridgehead atoms. The van der Waals surface area contributed by atoms with E-state index in [9.17, 15) is 13.6 Å². The number of anilines is 1. The Morgan fingerprint density at radius 2 is 1.77 bits per heavy atom. The van der Waals surface area contributed by atoms with Crippen molar-refractivity contribution < 1.29 is 22.7 Å². The fourth-order valence-electron chi connectivity index (χ4n) is 2.84. The molecule has 8 heteroatoms. The van der Waals surface area contributed by atoms with E-state index in [4.69, 9.17) is 4.42 Å². The predicted molar refractivity (Wildman–Crippen MR) is 111 cm³/mol. The first kappa shape index (κ1) is 19.9. The summed E-state index contributed by atoms with van der Waals surface area (Å²) in [6, 6.07) is 20.5. The fourth-order valence-corrected chi connectivity index (χ4v) is 3.68. The zero-order chi connectivity index (χ0) is 20.9. The SMILES string of the molecule is O=C(Nc1ccc(OC(F)F)cc1)c1ccccc1CSc1nc2ccccc2o1. The monoisotopic (exact) mass is 426 g/mol. The van der Waals surface area contributed by atoms with Crippen LogP contribution in [0.25, 0.3) is 11.1 Å². The molecule has 0 unspecified atom stereocenters. The maximum Gasteiger partial charge on any atom is 0.387 e. The van der Waals surface area contributed by atoms with Gasteiger partial charge in [-0.05, 0) is 48.0 Å². The molecule has 0 radical (unpaired) electrons. The van der Waals surface area contributed by atoms with Gasteiger partial charge in [0.05, 0.1) is 0 Å². The first-order valence-electron chi connectivity index (χ1n) is 9.01. The van der Waals surface area contributed by atoms with Crippen molar-refractivity contribution in [1.82, 2.24) is 4.98 Å². The van der Waals surface area contributed by atoms with Gasteiger partial charge in [0, 0.05) is 17.0 Å². The first-order valence-corrected chi connectivity index (χ1v) is 9.99. The van der Waals surface area contributed by atoms with E-state index in [-0.39, 0.29) is 11.7 Å². The van der Waals surface area contributed by atoms with Crippen molar-refractivity contribution in [2.45, 2.75) is 17.6 Å². The Morgan fingerprint density at radius 1 is 1.03 bits per heavy atom. The molecule has 0 spiro atoms. The number of alkyl halides is 2. The second-order valence-electron chi connectivity index (χ2n) is 6.25. The number of thioether (sulfide) groups is 1. The van der Waals surface area contributed by atoms with Crippen molar-refractivity contribution >= 4 is 34.5 Å². The van der Waals surface area contributed by atoms with Gasteiger partial charge >= 0.3 is 6.61 Å². The van der Waals surface area contributed by atoms with Crippen LogP contribution in [0.3, 0.4) is 0 Å². The standard InChI is InChI=1S/C22H16F2N2O3S/c23-21(24)28-16-11-9-15(10-12-16)25-20(27)17-6-2-1-5-14(17)13-30-22-26-18-7-3-4-8-19(18)29-22/h1-12,21H,13H2,(H,25,27). The van der Waals surface area contributed by atoms with E-state index in [2.05, 4.69) is 15.0 Å². The highest BCUT2D eigenvalue weighted by Gasteiger charge is 2.14. The molecule has 1 N–H and O–H groups in total. The van der Waals surface area contributed by atoms with Crippen LogP contribution in [-0.4, -0.2) is 17.5 Å². The number of hydrogen-bond acceptors (Lipinski definition) is 5. The Balaban J connectivity index is 1.44. The van der Waals surface area contributed by atoms with Crippen molar-refractivity contribution in [3.05, 3.63) is 83.9 Å². The maximum absolute atomic E-state index is 12.7. The minimum absolute atomic E-state index is 0.0260. The number of oxazole rings is 1. The van der Waals surface area contributed by atoms with E-state index in [1.165, 1.54) is 36.0 Å². The summed E-state index contributed by atoms with van der Waals surface area (Å²) < 4.78 is 34.5. The van der Waals surface area contributed by atoms with Crippen molar-refractivity contribution in [2.75, 3.05) is 5.32 Å². The lowest BCUT2D eigenvalue weighted by Gasteiger charge is -2.10. The van der Waals surface area contributed by atoms with Crippen LogP contribution in [-0.2, 0) is 5.75 Å². The van der Waals surface area contributed by atoms with E-state index in [1.54, 1.807) is 12.1 Å². The van der Waals surface area contributed by atoms with Gasteiger partial charge in [-0.2, -0.15) is 8.78 Å². The van der Waals surface area contributed by atoms with Crippen molar-refractivity contribution in [3.63, 3.8) is 0 Å². The maximum atomic E-state index is 12.7. The first-order chi connectivity index (χ1) is 14.6. The van der Waals surface area contributed by atoms with Gasteiger partial charge < -0.3 is 14.5 Å². The average molecular weight is 426 g/mol. The Kier molecular flexibility index (Phi) is 5.94. The molecule has 4 rings (SSSR count). The molecule has 1 amide bonds. The number of fused-ring (bicyclic) bond motifs is 1. The summed E-state index contributed by atoms with van der Waals surface area (Å²) in [6.45, 7) is -2.89. The summed E-state index contributed by atoms with van der Waals surface area (Å²) in [4.78, 5) is 17.2. The summed E-state index contributed by atoms with van der Waals surface area (Å²) in [5.41, 5.74) is 3.30. The second-order valence-corrected chi connectivity index (χ2v) is 7.18. The van der Waals surface area contributed by atoms with E-state index in [1.807, 2.05) is 36.4 Å². The van der Waals surface area contributed by atoms with E-state index >= 15 is 0 Å². The zero-order valence-corrected chi connectivity index (χ0v) is 16.4. The number of rotatable bonds is 7. The van der Waals surface area contributed by atoms with Crippen LogP contribution in [0.1, 0.15) is 15.9 Å². The van der Waals surface area contributed by atoms with Crippen LogP contribution < -0.4 is 10.1 Å². The molecule has 0 aliphatic rings. The molecular formula is C22H16F2N2O3S. The Bertz CT molecular complexity index is 1130. The zero-order valence-electron chi connectivity index (χ0n) is 15.5. The highest BCUT2D eigenvalue weighted by Crippen LogP contribution is 2.27. The van der Waals surface area contributed by atoms with E-state index in [0.29, 0.717) is 27.8 Å². The minimum atomic E-state index is -2.89. The Labute approximate surface area is 175 Å². The molecule has 1 heterocycles. The van der Waals surface area contributed by atoms with E-state index in [0.717, 1.165) is 11.1 Å². The van der Waals surface area contributed by atoms with Gasteiger partial charge in [-0.25, -0.2) is 4.98 Å². The Morgan fingerprint density at radius 3 is 2.53 bits per heavy atom. The molecule has 30 heavy (non-hydrogen) atoms. The number of halogens is 2. The molecule has 0 saturated heterocycles. The number of benzene rings is 3. The van der Waals surface area contributed by atoms with Gasteiger partial charge in [0.1, 0.15) is 11.3 Å². The number of para-hydroxylation sites is 2. The van der Waals surface area contributed by atoms with Crippen LogP contribution in [0.15, 0.2) is 82.4 Å². The van der Waals surface area contributed by atoms with Crippen molar-refractivity contribution in [1.29, 1.82) is 0 Å². The minimum Gasteiger partial charge on any atom is -0.435 e. The molecule has 0 aliphatic carbocycles. The van der Waals surface area contributed by atoms with Gasteiger partial charge in [0.2, 0.25) is 0 Å². The molecule has 0 saturated carbocycles. The topological polar surface area (TPSA) is 64.4 Å². The Hall–Kier alpha value is -3.39. The molecular weight excluding hydrogens is 410 g/mol. The summed E-state index contributed by atoms with van der Waals surface area (Å²) in [5, 5.41) is 3.30. The van der Waals surface area contributed by atoms with Crippen LogP contribution in [0.2, 0.25) is 0 Å². The lowest BCUT2D eigenvalue weighted by atomic mass is 10.1. The lowest BCUT2D eigenvalue weighted by molar-refractivity contribution is -0.0498. The van der Waals surface area contributed by atoms with Crippen molar-refractivity contribution in [2.24, 2.45) is 0 Å². The second kappa shape index (κ2) is 8.96. The number of amides is 1. The molecule has 3 aromatic carbocycles. The third kappa shape index (κ3) is 4.77. The lowest BCUT2D eigenvalue weighted by Crippen LogP contribution is -2.14. The molecule has 152 valence electrons. The number of aromatic nitrogens is 1. The summed E-state index contributed by atoms with van der Waals surface area (Å²) >= 11 is 1.40. The fraction of sp³-hybridized carbons (Fsp3) is 0.0909. The van der Waals surface area contributed by atoms with Crippen LogP contribution in [0.4, 0.5) is 14.5 Å². The van der Waals surface area contributed by atoms with Gasteiger partial charge in [-0.15, -0.1) is 0 Å². The third-order valence-electron chi connectivity index (χ3n) is 4.22. The number of hydrogen-bond donors (Lipinski definition) is 1. The van der Waals surface area contributed by atoms with Crippen LogP contribution in [0, 0.1) is 0 Å². The summed E-state index contributed by atoms with van der Waals surface area (Å²) in [7, 11) is 0. The molecule has 0 aliphatic heterocycles. The highest BCUT2D eigenvalue weighted by atomic mass is 32.2. The number of carbonyl (C=O) groups excluding carboxylic acids is 1. The molecule has 4 aromatic rings. The number of nitrogens with zero attached hydrogens (tertiary/aromatic N) is 1. The average Bonchev–Trinajstić information content (AvgIpc) is 3.16. The van der Waals surface area contributed by atoms with Gasteiger partial charge in [0.25, 0.3) is 11.1 Å². The molecule has 0 atom stereocenters. The number of carbonyl (C=O) groups is 1. The summed E-state index contributed by atoms with van der Waals surface area (Å²) in [5.74, 6) is 0.224. The van der Waals surface area contributed by atoms with Crippen LogP contribution in [0.5, 0.6) is 5.75 Å². The predicted octanol–water partition coefficient (Wildman–Crippen LogP) is 5.97. The molecule has 5 nitrogen and oxygen atoms in total. The third-order valence-corrected chi connectivity index (χ3v) is 5.10. The van der Waals surface area contributed by atoms with Crippen LogP contribution >= 0.6 is 11.8 Å². The van der Waals surface area contributed by atoms with Gasteiger partial charge in [-0.3, -0.25) is 4.79 Å². The number of nitrogens with one attached hydrogen (secondary N) is 1. The molecule has 0 fully saturated rings. The van der Waals surface area contributed by atoms with E-state index < -0.39 is 6.61 Å². The van der Waals surface area contributed by atoms with Gasteiger partial charge in [-0.1, -0.05) is 42.1 Å². The summed E-state index contributed by atoms with van der Waals surface area (Å²) in [6.07, 6.45) is 0. The van der Waals surface area contributed by atoms with Crippen molar-refractivity contribution in [3.8, 4) is 5.75 Å². The quantitative estimate of drug-likeness (QED) is 0.369. The normalized spacial score (nSPS) is 11.0. The smallest absolute Gasteiger partial charge is 0.387 e. The van der Waals surface area contributed by atoms with Gasteiger partial charge in [0.15, 0.2) is 5.58 Å².